The summed E-state index contributed by atoms with van der Waals surface area (Å²) in [5.74, 6) is 0.556. The molecule has 0 saturated heterocycles. The summed E-state index contributed by atoms with van der Waals surface area (Å²) >= 11 is 1.19. The van der Waals surface area contributed by atoms with Crippen molar-refractivity contribution in [1.29, 1.82) is 0 Å². The quantitative estimate of drug-likeness (QED) is 0.503. The molecule has 3 rings (SSSR count). The molecule has 3 aromatic rings. The van der Waals surface area contributed by atoms with E-state index in [1.54, 1.807) is 49.6 Å². The van der Waals surface area contributed by atoms with Gasteiger partial charge in [-0.2, -0.15) is 0 Å². The van der Waals surface area contributed by atoms with Gasteiger partial charge in [-0.25, -0.2) is 13.1 Å². The van der Waals surface area contributed by atoms with Crippen molar-refractivity contribution in [1.82, 2.24) is 4.72 Å². The minimum atomic E-state index is -3.87. The highest BCUT2D eigenvalue weighted by Crippen LogP contribution is 2.36. The highest BCUT2D eigenvalue weighted by Gasteiger charge is 2.34. The SMILES string of the molecule is CCSC(=O)[C@@H](c1ccccc1)[C@H](NS(=O)(=O)c1ccccc1)c1ccc(OC)cc1. The molecule has 3 aromatic carbocycles. The van der Waals surface area contributed by atoms with E-state index in [0.29, 0.717) is 17.1 Å². The van der Waals surface area contributed by atoms with E-state index in [1.165, 1.54) is 23.9 Å². The highest BCUT2D eigenvalue weighted by atomic mass is 32.2. The van der Waals surface area contributed by atoms with Crippen LogP contribution in [0.15, 0.2) is 89.8 Å². The molecule has 7 heteroatoms. The van der Waals surface area contributed by atoms with E-state index in [9.17, 15) is 13.2 Å². The zero-order valence-corrected chi connectivity index (χ0v) is 19.0. The van der Waals surface area contributed by atoms with E-state index in [-0.39, 0.29) is 10.0 Å². The van der Waals surface area contributed by atoms with Crippen LogP contribution in [0.4, 0.5) is 0 Å². The van der Waals surface area contributed by atoms with Gasteiger partial charge in [0.1, 0.15) is 5.75 Å². The van der Waals surface area contributed by atoms with Crippen LogP contribution in [-0.2, 0) is 14.8 Å². The number of nitrogens with one attached hydrogen (secondary N) is 1. The molecule has 31 heavy (non-hydrogen) atoms. The molecule has 0 aliphatic rings. The molecule has 0 aliphatic heterocycles. The third kappa shape index (κ3) is 5.76. The largest absolute Gasteiger partial charge is 0.497 e. The van der Waals surface area contributed by atoms with Crippen molar-refractivity contribution < 1.29 is 17.9 Å². The van der Waals surface area contributed by atoms with E-state index < -0.39 is 22.0 Å². The van der Waals surface area contributed by atoms with Crippen LogP contribution < -0.4 is 9.46 Å². The molecular weight excluding hydrogens is 430 g/mol. The van der Waals surface area contributed by atoms with Crippen molar-refractivity contribution in [2.24, 2.45) is 0 Å². The Morgan fingerprint density at radius 2 is 1.48 bits per heavy atom. The molecule has 1 N–H and O–H groups in total. The lowest BCUT2D eigenvalue weighted by Gasteiger charge is -2.28. The first-order chi connectivity index (χ1) is 15.0. The Balaban J connectivity index is 2.11. The van der Waals surface area contributed by atoms with E-state index in [1.807, 2.05) is 37.3 Å². The van der Waals surface area contributed by atoms with Crippen LogP contribution in [0, 0.1) is 0 Å². The highest BCUT2D eigenvalue weighted by molar-refractivity contribution is 8.13. The fourth-order valence-corrected chi connectivity index (χ4v) is 5.33. The lowest BCUT2D eigenvalue weighted by Crippen LogP contribution is -2.35. The number of rotatable bonds is 9. The van der Waals surface area contributed by atoms with E-state index in [4.69, 9.17) is 4.74 Å². The van der Waals surface area contributed by atoms with Gasteiger partial charge in [-0.15, -0.1) is 0 Å². The normalized spacial score (nSPS) is 13.4. The first kappa shape index (κ1) is 23.1. The van der Waals surface area contributed by atoms with Gasteiger partial charge in [0.15, 0.2) is 5.12 Å². The number of methoxy groups -OCH3 is 1. The first-order valence-corrected chi connectivity index (χ1v) is 12.4. The predicted molar refractivity (Wildman–Crippen MR) is 125 cm³/mol. The van der Waals surface area contributed by atoms with Gasteiger partial charge in [-0.05, 0) is 41.1 Å². The summed E-state index contributed by atoms with van der Waals surface area (Å²) in [5.41, 5.74) is 1.43. The number of hydrogen-bond acceptors (Lipinski definition) is 5. The van der Waals surface area contributed by atoms with Crippen LogP contribution >= 0.6 is 11.8 Å². The zero-order chi connectivity index (χ0) is 22.3. The second-order valence-electron chi connectivity index (χ2n) is 6.83. The van der Waals surface area contributed by atoms with Gasteiger partial charge in [-0.1, -0.05) is 79.3 Å². The van der Waals surface area contributed by atoms with Gasteiger partial charge in [0.25, 0.3) is 0 Å². The molecular formula is C24H25NO4S2. The number of thioether (sulfide) groups is 1. The molecule has 0 amide bonds. The Labute approximate surface area is 187 Å². The molecule has 162 valence electrons. The first-order valence-electron chi connectivity index (χ1n) is 9.89. The summed E-state index contributed by atoms with van der Waals surface area (Å²) in [6, 6.07) is 23.8. The van der Waals surface area contributed by atoms with Crippen LogP contribution in [0.3, 0.4) is 0 Å². The summed E-state index contributed by atoms with van der Waals surface area (Å²) in [4.78, 5) is 13.4. The summed E-state index contributed by atoms with van der Waals surface area (Å²) in [5, 5.41) is -0.0923. The number of sulfonamides is 1. The maximum absolute atomic E-state index is 13.2. The van der Waals surface area contributed by atoms with Crippen LogP contribution in [0.1, 0.15) is 30.0 Å². The Hall–Kier alpha value is -2.61. The molecule has 0 unspecified atom stereocenters. The third-order valence-electron chi connectivity index (χ3n) is 4.84. The van der Waals surface area contributed by atoms with Crippen molar-refractivity contribution in [3.8, 4) is 5.75 Å². The third-order valence-corrected chi connectivity index (χ3v) is 7.13. The summed E-state index contributed by atoms with van der Waals surface area (Å²) in [7, 11) is -2.30. The number of hydrogen-bond donors (Lipinski definition) is 1. The molecule has 0 fully saturated rings. The predicted octanol–water partition coefficient (Wildman–Crippen LogP) is 4.78. The molecule has 0 aromatic heterocycles. The minimum Gasteiger partial charge on any atom is -0.497 e. The average molecular weight is 456 g/mol. The Morgan fingerprint density at radius 3 is 2.03 bits per heavy atom. The van der Waals surface area contributed by atoms with E-state index in [2.05, 4.69) is 4.72 Å². The molecule has 5 nitrogen and oxygen atoms in total. The molecule has 0 radical (unpaired) electrons. The van der Waals surface area contributed by atoms with E-state index >= 15 is 0 Å². The summed E-state index contributed by atoms with van der Waals surface area (Å²) in [6.45, 7) is 1.90. The van der Waals surface area contributed by atoms with Crippen LogP contribution in [0.25, 0.3) is 0 Å². The second-order valence-corrected chi connectivity index (χ2v) is 9.81. The number of carbonyl (C=O) groups excluding carboxylic acids is 1. The number of benzene rings is 3. The summed E-state index contributed by atoms with van der Waals surface area (Å²) in [6.07, 6.45) is 0. The van der Waals surface area contributed by atoms with Crippen molar-refractivity contribution in [3.63, 3.8) is 0 Å². The van der Waals surface area contributed by atoms with Crippen molar-refractivity contribution in [2.75, 3.05) is 12.9 Å². The van der Waals surface area contributed by atoms with Crippen LogP contribution in [0.5, 0.6) is 5.75 Å². The monoisotopic (exact) mass is 455 g/mol. The number of carbonyl (C=O) groups is 1. The molecule has 0 bridgehead atoms. The number of ether oxygens (including phenoxy) is 1. The minimum absolute atomic E-state index is 0.0923. The van der Waals surface area contributed by atoms with Crippen molar-refractivity contribution in [2.45, 2.75) is 23.8 Å². The zero-order valence-electron chi connectivity index (χ0n) is 17.4. The Morgan fingerprint density at radius 1 is 0.903 bits per heavy atom. The average Bonchev–Trinajstić information content (AvgIpc) is 2.80. The second kappa shape index (κ2) is 10.6. The van der Waals surface area contributed by atoms with Gasteiger partial charge in [0, 0.05) is 0 Å². The smallest absolute Gasteiger partial charge is 0.241 e. The van der Waals surface area contributed by atoms with Gasteiger partial charge >= 0.3 is 0 Å². The molecule has 0 heterocycles. The lowest BCUT2D eigenvalue weighted by molar-refractivity contribution is -0.112. The molecule has 0 spiro atoms. The standard InChI is InChI=1S/C24H25NO4S2/c1-3-30-24(26)22(18-10-6-4-7-11-18)23(19-14-16-20(29-2)17-15-19)25-31(27,28)21-12-8-5-9-13-21/h4-17,22-23,25H,3H2,1-2H3/t22-,23+/m0/s1. The van der Waals surface area contributed by atoms with Crippen molar-refractivity contribution >= 4 is 26.9 Å². The molecule has 2 atom stereocenters. The Kier molecular flexibility index (Phi) is 7.90. The van der Waals surface area contributed by atoms with Crippen LogP contribution in [-0.4, -0.2) is 26.4 Å². The molecule has 0 saturated carbocycles. The van der Waals surface area contributed by atoms with Gasteiger partial charge < -0.3 is 4.74 Å². The maximum Gasteiger partial charge on any atom is 0.241 e. The fourth-order valence-electron chi connectivity index (χ4n) is 3.33. The fraction of sp³-hybridized carbons (Fsp3) is 0.208. The Bertz CT molecular complexity index is 1090. The topological polar surface area (TPSA) is 72.5 Å². The van der Waals surface area contributed by atoms with E-state index in [0.717, 1.165) is 5.56 Å². The van der Waals surface area contributed by atoms with Gasteiger partial charge in [0.2, 0.25) is 10.0 Å². The maximum atomic E-state index is 13.2. The van der Waals surface area contributed by atoms with Gasteiger partial charge in [0.05, 0.1) is 24.0 Å². The summed E-state index contributed by atoms with van der Waals surface area (Å²) < 4.78 is 34.4. The van der Waals surface area contributed by atoms with Crippen LogP contribution in [0.2, 0.25) is 0 Å². The lowest BCUT2D eigenvalue weighted by atomic mass is 9.88. The van der Waals surface area contributed by atoms with Crippen molar-refractivity contribution in [3.05, 3.63) is 96.1 Å². The van der Waals surface area contributed by atoms with Gasteiger partial charge in [-0.3, -0.25) is 4.79 Å². The molecule has 0 aliphatic carbocycles.